The summed E-state index contributed by atoms with van der Waals surface area (Å²) < 4.78 is 5.26. The van der Waals surface area contributed by atoms with E-state index in [1.165, 1.54) is 5.56 Å². The van der Waals surface area contributed by atoms with Crippen LogP contribution in [0.25, 0.3) is 0 Å². The number of hydrogen-bond acceptors (Lipinski definition) is 3. The highest BCUT2D eigenvalue weighted by atomic mass is 16.5. The molecule has 1 aromatic rings. The SMILES string of the molecule is Cc1ccc(C(CN)CC(=O)N2CCOCC2)cc1. The topological polar surface area (TPSA) is 55.6 Å². The fourth-order valence-electron chi connectivity index (χ4n) is 2.33. The van der Waals surface area contributed by atoms with Crippen molar-refractivity contribution in [1.82, 2.24) is 4.90 Å². The fourth-order valence-corrected chi connectivity index (χ4v) is 2.33. The maximum atomic E-state index is 12.2. The molecule has 1 unspecified atom stereocenters. The van der Waals surface area contributed by atoms with Gasteiger partial charge in [-0.25, -0.2) is 0 Å². The number of carbonyl (C=O) groups excluding carboxylic acids is 1. The monoisotopic (exact) mass is 262 g/mol. The normalized spacial score (nSPS) is 17.3. The van der Waals surface area contributed by atoms with Gasteiger partial charge >= 0.3 is 0 Å². The van der Waals surface area contributed by atoms with Gasteiger partial charge in [-0.05, 0) is 19.0 Å². The van der Waals surface area contributed by atoms with Gasteiger partial charge in [0.1, 0.15) is 0 Å². The average molecular weight is 262 g/mol. The zero-order valence-electron chi connectivity index (χ0n) is 11.5. The number of rotatable bonds is 4. The summed E-state index contributed by atoms with van der Waals surface area (Å²) in [6.07, 6.45) is 0.486. The standard InChI is InChI=1S/C15H22N2O2/c1-12-2-4-13(5-3-12)14(11-16)10-15(18)17-6-8-19-9-7-17/h2-5,14H,6-11,16H2,1H3. The third-order valence-corrected chi connectivity index (χ3v) is 3.62. The van der Waals surface area contributed by atoms with Crippen LogP contribution in [0.5, 0.6) is 0 Å². The molecule has 1 atom stereocenters. The number of nitrogens with zero attached hydrogens (tertiary/aromatic N) is 1. The number of carbonyl (C=O) groups is 1. The highest BCUT2D eigenvalue weighted by molar-refractivity contribution is 5.77. The van der Waals surface area contributed by atoms with Crippen molar-refractivity contribution >= 4 is 5.91 Å². The second kappa shape index (κ2) is 6.68. The molecule has 1 aromatic carbocycles. The Morgan fingerprint density at radius 3 is 2.53 bits per heavy atom. The van der Waals surface area contributed by atoms with Crippen LogP contribution in [0, 0.1) is 6.92 Å². The molecule has 0 aliphatic carbocycles. The van der Waals surface area contributed by atoms with E-state index in [1.54, 1.807) is 0 Å². The highest BCUT2D eigenvalue weighted by Crippen LogP contribution is 2.20. The fraction of sp³-hybridized carbons (Fsp3) is 0.533. The third kappa shape index (κ3) is 3.78. The van der Waals surface area contributed by atoms with Crippen LogP contribution in [0.2, 0.25) is 0 Å². The van der Waals surface area contributed by atoms with E-state index < -0.39 is 0 Å². The summed E-state index contributed by atoms with van der Waals surface area (Å²) in [5, 5.41) is 0. The van der Waals surface area contributed by atoms with E-state index in [-0.39, 0.29) is 11.8 Å². The number of hydrogen-bond donors (Lipinski definition) is 1. The van der Waals surface area contributed by atoms with E-state index >= 15 is 0 Å². The van der Waals surface area contributed by atoms with Gasteiger partial charge < -0.3 is 15.4 Å². The van der Waals surface area contributed by atoms with Crippen LogP contribution in [0.15, 0.2) is 24.3 Å². The molecule has 0 radical (unpaired) electrons. The predicted molar refractivity (Wildman–Crippen MR) is 75.0 cm³/mol. The molecule has 1 amide bonds. The van der Waals surface area contributed by atoms with Crippen molar-refractivity contribution in [3.63, 3.8) is 0 Å². The molecule has 0 aromatic heterocycles. The van der Waals surface area contributed by atoms with Crippen LogP contribution >= 0.6 is 0 Å². The Labute approximate surface area is 114 Å². The van der Waals surface area contributed by atoms with Gasteiger partial charge in [-0.2, -0.15) is 0 Å². The summed E-state index contributed by atoms with van der Waals surface area (Å²) in [5.41, 5.74) is 8.19. The van der Waals surface area contributed by atoms with Crippen molar-refractivity contribution in [3.05, 3.63) is 35.4 Å². The van der Waals surface area contributed by atoms with Crippen LogP contribution in [-0.4, -0.2) is 43.7 Å². The van der Waals surface area contributed by atoms with Crippen molar-refractivity contribution in [3.8, 4) is 0 Å². The van der Waals surface area contributed by atoms with Crippen molar-refractivity contribution in [2.75, 3.05) is 32.8 Å². The molecule has 1 fully saturated rings. The lowest BCUT2D eigenvalue weighted by Gasteiger charge is -2.28. The summed E-state index contributed by atoms with van der Waals surface area (Å²) >= 11 is 0. The maximum absolute atomic E-state index is 12.2. The molecular weight excluding hydrogens is 240 g/mol. The lowest BCUT2D eigenvalue weighted by atomic mass is 9.94. The van der Waals surface area contributed by atoms with Crippen LogP contribution < -0.4 is 5.73 Å². The van der Waals surface area contributed by atoms with Crippen molar-refractivity contribution < 1.29 is 9.53 Å². The third-order valence-electron chi connectivity index (χ3n) is 3.62. The number of morpholine rings is 1. The first-order valence-electron chi connectivity index (χ1n) is 6.83. The number of amides is 1. The Balaban J connectivity index is 1.98. The molecule has 0 spiro atoms. The minimum Gasteiger partial charge on any atom is -0.378 e. The second-order valence-corrected chi connectivity index (χ2v) is 5.04. The van der Waals surface area contributed by atoms with E-state index in [4.69, 9.17) is 10.5 Å². The zero-order valence-corrected chi connectivity index (χ0v) is 11.5. The Hall–Kier alpha value is -1.39. The highest BCUT2D eigenvalue weighted by Gasteiger charge is 2.21. The van der Waals surface area contributed by atoms with E-state index in [2.05, 4.69) is 31.2 Å². The van der Waals surface area contributed by atoms with Gasteiger partial charge in [0.2, 0.25) is 5.91 Å². The maximum Gasteiger partial charge on any atom is 0.223 e. The molecule has 1 heterocycles. The molecule has 104 valence electrons. The Bertz CT molecular complexity index is 411. The van der Waals surface area contributed by atoms with Gasteiger partial charge in [0, 0.05) is 25.4 Å². The van der Waals surface area contributed by atoms with E-state index in [0.717, 1.165) is 5.56 Å². The summed E-state index contributed by atoms with van der Waals surface area (Å²) in [6, 6.07) is 8.27. The minimum atomic E-state index is 0.107. The van der Waals surface area contributed by atoms with Gasteiger partial charge in [0.05, 0.1) is 13.2 Å². The first kappa shape index (κ1) is 14.0. The van der Waals surface area contributed by atoms with E-state index in [9.17, 15) is 4.79 Å². The molecule has 0 saturated carbocycles. The summed E-state index contributed by atoms with van der Waals surface area (Å²) in [5.74, 6) is 0.287. The molecule has 2 rings (SSSR count). The van der Waals surface area contributed by atoms with Crippen LogP contribution in [-0.2, 0) is 9.53 Å². The Morgan fingerprint density at radius 1 is 1.32 bits per heavy atom. The lowest BCUT2D eigenvalue weighted by Crippen LogP contribution is -2.41. The van der Waals surface area contributed by atoms with Crippen LogP contribution in [0.3, 0.4) is 0 Å². The zero-order chi connectivity index (χ0) is 13.7. The summed E-state index contributed by atoms with van der Waals surface area (Å²) in [7, 11) is 0. The Morgan fingerprint density at radius 2 is 1.95 bits per heavy atom. The number of aryl methyl sites for hydroxylation is 1. The molecule has 1 saturated heterocycles. The largest absolute Gasteiger partial charge is 0.378 e. The molecule has 1 aliphatic heterocycles. The van der Waals surface area contributed by atoms with Crippen LogP contribution in [0.1, 0.15) is 23.5 Å². The molecule has 1 aliphatic rings. The quantitative estimate of drug-likeness (QED) is 0.889. The van der Waals surface area contributed by atoms with Gasteiger partial charge in [0.15, 0.2) is 0 Å². The molecule has 2 N–H and O–H groups in total. The van der Waals surface area contributed by atoms with Crippen molar-refractivity contribution in [2.45, 2.75) is 19.3 Å². The lowest BCUT2D eigenvalue weighted by molar-refractivity contribution is -0.135. The van der Waals surface area contributed by atoms with Crippen LogP contribution in [0.4, 0.5) is 0 Å². The average Bonchev–Trinajstić information content (AvgIpc) is 2.46. The van der Waals surface area contributed by atoms with Gasteiger partial charge in [-0.15, -0.1) is 0 Å². The molecule has 19 heavy (non-hydrogen) atoms. The van der Waals surface area contributed by atoms with Gasteiger partial charge in [0.25, 0.3) is 0 Å². The number of ether oxygens (including phenoxy) is 1. The molecule has 4 heteroatoms. The number of nitrogens with two attached hydrogens (primary N) is 1. The molecule has 0 bridgehead atoms. The molecule has 4 nitrogen and oxygen atoms in total. The smallest absolute Gasteiger partial charge is 0.223 e. The van der Waals surface area contributed by atoms with E-state index in [0.29, 0.717) is 39.3 Å². The molecular formula is C15H22N2O2. The first-order valence-corrected chi connectivity index (χ1v) is 6.83. The van der Waals surface area contributed by atoms with Gasteiger partial charge in [-0.1, -0.05) is 29.8 Å². The second-order valence-electron chi connectivity index (χ2n) is 5.04. The van der Waals surface area contributed by atoms with Crippen molar-refractivity contribution in [2.24, 2.45) is 5.73 Å². The minimum absolute atomic E-state index is 0.107. The van der Waals surface area contributed by atoms with Gasteiger partial charge in [-0.3, -0.25) is 4.79 Å². The Kier molecular flexibility index (Phi) is 4.93. The number of benzene rings is 1. The van der Waals surface area contributed by atoms with Crippen molar-refractivity contribution in [1.29, 1.82) is 0 Å². The van der Waals surface area contributed by atoms with E-state index in [1.807, 2.05) is 4.90 Å². The summed E-state index contributed by atoms with van der Waals surface area (Å²) in [6.45, 7) is 5.24. The predicted octanol–water partition coefficient (Wildman–Crippen LogP) is 1.29. The summed E-state index contributed by atoms with van der Waals surface area (Å²) in [4.78, 5) is 14.1. The first-order chi connectivity index (χ1) is 9.20.